The smallest absolute Gasteiger partial charge is 0.211 e. The standard InChI is InChI=1S/C12H15ClN2O2S/c1-12(2,3)8-15-18(16,17)11-5-4-9(7-14)6-10(11)13/h4-6,15H,8H2,1-3H3. The molecule has 18 heavy (non-hydrogen) atoms. The molecule has 1 N–H and O–H groups in total. The highest BCUT2D eigenvalue weighted by atomic mass is 35.5. The van der Waals surface area contributed by atoms with Crippen molar-refractivity contribution < 1.29 is 8.42 Å². The van der Waals surface area contributed by atoms with E-state index in [-0.39, 0.29) is 15.3 Å². The number of rotatable bonds is 3. The molecule has 1 rings (SSSR count). The van der Waals surface area contributed by atoms with Crippen molar-refractivity contribution in [2.24, 2.45) is 5.41 Å². The SMILES string of the molecule is CC(C)(C)CNS(=O)(=O)c1ccc(C#N)cc1Cl. The van der Waals surface area contributed by atoms with Gasteiger partial charge >= 0.3 is 0 Å². The van der Waals surface area contributed by atoms with Crippen molar-refractivity contribution in [2.45, 2.75) is 25.7 Å². The molecule has 0 spiro atoms. The zero-order valence-electron chi connectivity index (χ0n) is 10.5. The van der Waals surface area contributed by atoms with Gasteiger partial charge in [-0.25, -0.2) is 13.1 Å². The number of nitriles is 1. The third-order valence-electron chi connectivity index (χ3n) is 2.14. The van der Waals surface area contributed by atoms with E-state index in [4.69, 9.17) is 16.9 Å². The molecule has 0 aliphatic rings. The van der Waals surface area contributed by atoms with E-state index in [1.165, 1.54) is 18.2 Å². The molecule has 0 atom stereocenters. The van der Waals surface area contributed by atoms with E-state index in [1.54, 1.807) is 0 Å². The molecule has 98 valence electrons. The Kier molecular flexibility index (Phi) is 4.38. The zero-order valence-corrected chi connectivity index (χ0v) is 12.1. The van der Waals surface area contributed by atoms with Crippen LogP contribution in [0.3, 0.4) is 0 Å². The lowest BCUT2D eigenvalue weighted by atomic mass is 9.98. The minimum Gasteiger partial charge on any atom is -0.211 e. The summed E-state index contributed by atoms with van der Waals surface area (Å²) in [5.74, 6) is 0. The fourth-order valence-electron chi connectivity index (χ4n) is 1.18. The Hall–Kier alpha value is -1.09. The number of nitrogens with one attached hydrogen (secondary N) is 1. The van der Waals surface area contributed by atoms with Gasteiger partial charge in [0.05, 0.1) is 16.7 Å². The lowest BCUT2D eigenvalue weighted by molar-refractivity contribution is 0.407. The Labute approximate surface area is 113 Å². The zero-order chi connectivity index (χ0) is 14.0. The fourth-order valence-corrected chi connectivity index (χ4v) is 3.00. The maximum absolute atomic E-state index is 12.0. The first kappa shape index (κ1) is 15.0. The van der Waals surface area contributed by atoms with E-state index in [0.717, 1.165) is 0 Å². The molecule has 0 aliphatic heterocycles. The molecule has 6 heteroatoms. The second-order valence-electron chi connectivity index (χ2n) is 5.14. The average molecular weight is 287 g/mol. The van der Waals surface area contributed by atoms with Gasteiger partial charge in [0.1, 0.15) is 4.90 Å². The largest absolute Gasteiger partial charge is 0.242 e. The quantitative estimate of drug-likeness (QED) is 0.928. The fraction of sp³-hybridized carbons (Fsp3) is 0.417. The highest BCUT2D eigenvalue weighted by Crippen LogP contribution is 2.23. The molecule has 1 aromatic carbocycles. The summed E-state index contributed by atoms with van der Waals surface area (Å²) in [5, 5.41) is 8.74. The first-order chi connectivity index (χ1) is 8.15. The van der Waals surface area contributed by atoms with Crippen molar-refractivity contribution in [3.05, 3.63) is 28.8 Å². The van der Waals surface area contributed by atoms with Gasteiger partial charge in [-0.1, -0.05) is 32.4 Å². The van der Waals surface area contributed by atoms with Crippen molar-refractivity contribution in [3.63, 3.8) is 0 Å². The van der Waals surface area contributed by atoms with Gasteiger partial charge in [-0.2, -0.15) is 5.26 Å². The van der Waals surface area contributed by atoms with Gasteiger partial charge in [0.25, 0.3) is 0 Å². The Balaban J connectivity index is 3.03. The summed E-state index contributed by atoms with van der Waals surface area (Å²) in [5.41, 5.74) is 0.168. The van der Waals surface area contributed by atoms with Crippen LogP contribution >= 0.6 is 11.6 Å². The molecule has 4 nitrogen and oxygen atoms in total. The second-order valence-corrected chi connectivity index (χ2v) is 7.28. The van der Waals surface area contributed by atoms with Crippen molar-refractivity contribution in [1.29, 1.82) is 5.26 Å². The molecule has 0 aliphatic carbocycles. The van der Waals surface area contributed by atoms with Crippen LogP contribution in [0.2, 0.25) is 5.02 Å². The predicted molar refractivity (Wildman–Crippen MR) is 70.8 cm³/mol. The highest BCUT2D eigenvalue weighted by molar-refractivity contribution is 7.89. The minimum absolute atomic E-state index is 0.00702. The van der Waals surface area contributed by atoms with E-state index in [1.807, 2.05) is 26.8 Å². The molecule has 0 heterocycles. The van der Waals surface area contributed by atoms with Crippen LogP contribution in [0.25, 0.3) is 0 Å². The van der Waals surface area contributed by atoms with E-state index in [2.05, 4.69) is 4.72 Å². The third kappa shape index (κ3) is 3.98. The first-order valence-corrected chi connectivity index (χ1v) is 7.21. The van der Waals surface area contributed by atoms with Crippen molar-refractivity contribution >= 4 is 21.6 Å². The molecule has 0 aromatic heterocycles. The highest BCUT2D eigenvalue weighted by Gasteiger charge is 2.21. The van der Waals surface area contributed by atoms with Crippen LogP contribution in [0, 0.1) is 16.7 Å². The molecule has 0 saturated carbocycles. The number of halogens is 1. The molecule has 1 aromatic rings. The third-order valence-corrected chi connectivity index (χ3v) is 4.03. The summed E-state index contributed by atoms with van der Waals surface area (Å²) < 4.78 is 26.5. The van der Waals surface area contributed by atoms with Crippen molar-refractivity contribution in [3.8, 4) is 6.07 Å². The maximum atomic E-state index is 12.0. The number of hydrogen-bond acceptors (Lipinski definition) is 3. The lowest BCUT2D eigenvalue weighted by Crippen LogP contribution is -2.32. The predicted octanol–water partition coefficient (Wildman–Crippen LogP) is 2.54. The molecule has 0 bridgehead atoms. The van der Waals surface area contributed by atoms with Crippen molar-refractivity contribution in [2.75, 3.05) is 6.54 Å². The lowest BCUT2D eigenvalue weighted by Gasteiger charge is -2.19. The van der Waals surface area contributed by atoms with Crippen LogP contribution in [0.1, 0.15) is 26.3 Å². The topological polar surface area (TPSA) is 70.0 Å². The number of hydrogen-bond donors (Lipinski definition) is 1. The van der Waals surface area contributed by atoms with Crippen LogP contribution in [0.4, 0.5) is 0 Å². The minimum atomic E-state index is -3.64. The summed E-state index contributed by atoms with van der Waals surface area (Å²) >= 11 is 5.87. The number of nitrogens with zero attached hydrogens (tertiary/aromatic N) is 1. The summed E-state index contributed by atoms with van der Waals surface area (Å²) in [6, 6.07) is 6.01. The van der Waals surface area contributed by atoms with E-state index in [0.29, 0.717) is 12.1 Å². The van der Waals surface area contributed by atoms with Gasteiger partial charge < -0.3 is 0 Å². The van der Waals surface area contributed by atoms with E-state index < -0.39 is 10.0 Å². The summed E-state index contributed by atoms with van der Waals surface area (Å²) in [4.78, 5) is -0.00702. The van der Waals surface area contributed by atoms with Crippen LogP contribution in [0.5, 0.6) is 0 Å². The van der Waals surface area contributed by atoms with Gasteiger partial charge in [0.15, 0.2) is 0 Å². The molecule has 0 amide bonds. The monoisotopic (exact) mass is 286 g/mol. The normalized spacial score (nSPS) is 12.2. The molecular formula is C12H15ClN2O2S. The van der Waals surface area contributed by atoms with Crippen LogP contribution in [0.15, 0.2) is 23.1 Å². The Morgan fingerprint density at radius 2 is 2.00 bits per heavy atom. The summed E-state index contributed by atoms with van der Waals surface area (Å²) in [6.07, 6.45) is 0. The Morgan fingerprint density at radius 3 is 2.44 bits per heavy atom. The van der Waals surface area contributed by atoms with Crippen LogP contribution in [-0.2, 0) is 10.0 Å². The molecule has 0 radical (unpaired) electrons. The molecular weight excluding hydrogens is 272 g/mol. The van der Waals surface area contributed by atoms with Crippen molar-refractivity contribution in [1.82, 2.24) is 4.72 Å². The van der Waals surface area contributed by atoms with Gasteiger partial charge in [-0.15, -0.1) is 0 Å². The van der Waals surface area contributed by atoms with Crippen LogP contribution in [-0.4, -0.2) is 15.0 Å². The maximum Gasteiger partial charge on any atom is 0.242 e. The van der Waals surface area contributed by atoms with Gasteiger partial charge in [0.2, 0.25) is 10.0 Å². The average Bonchev–Trinajstić information content (AvgIpc) is 2.25. The van der Waals surface area contributed by atoms with Gasteiger partial charge in [-0.05, 0) is 23.6 Å². The Morgan fingerprint density at radius 1 is 1.39 bits per heavy atom. The van der Waals surface area contributed by atoms with Gasteiger partial charge in [-0.3, -0.25) is 0 Å². The number of sulfonamides is 1. The molecule has 0 fully saturated rings. The Bertz CT molecular complexity index is 583. The van der Waals surface area contributed by atoms with E-state index >= 15 is 0 Å². The summed E-state index contributed by atoms with van der Waals surface area (Å²) in [7, 11) is -3.64. The van der Waals surface area contributed by atoms with E-state index in [9.17, 15) is 8.42 Å². The molecule has 0 saturated heterocycles. The molecule has 0 unspecified atom stereocenters. The first-order valence-electron chi connectivity index (χ1n) is 5.35. The van der Waals surface area contributed by atoms with Crippen LogP contribution < -0.4 is 4.72 Å². The van der Waals surface area contributed by atoms with Gasteiger partial charge in [0, 0.05) is 6.54 Å². The summed E-state index contributed by atoms with van der Waals surface area (Å²) in [6.45, 7) is 6.09. The second kappa shape index (κ2) is 5.27. The number of benzene rings is 1.